The molecule has 0 unspecified atom stereocenters. The maximum Gasteiger partial charge on any atom is 0.357 e. The van der Waals surface area contributed by atoms with Gasteiger partial charge in [-0.1, -0.05) is 0 Å². The summed E-state index contributed by atoms with van der Waals surface area (Å²) in [5.41, 5.74) is 9.76. The molecule has 15 heteroatoms. The number of carboxylic acids is 1. The number of amides is 1. The second-order valence-electron chi connectivity index (χ2n) is 4.97. The Morgan fingerprint density at radius 1 is 1.39 bits per heavy atom. The van der Waals surface area contributed by atoms with Crippen molar-refractivity contribution in [3.63, 3.8) is 0 Å². The number of benzene rings is 1. The third-order valence-corrected chi connectivity index (χ3v) is 4.75. The first kappa shape index (κ1) is 21.0. The van der Waals surface area contributed by atoms with E-state index in [1.54, 1.807) is 0 Å². The number of nitrogens with one attached hydrogen (secondary N) is 4. The van der Waals surface area contributed by atoms with E-state index < -0.39 is 40.2 Å². The molecule has 1 amide bonds. The number of thiol groups is 1. The van der Waals surface area contributed by atoms with Crippen LogP contribution >= 0.6 is 11.3 Å². The molecule has 0 bridgehead atoms. The summed E-state index contributed by atoms with van der Waals surface area (Å²) >= 11 is 0.756. The Bertz CT molecular complexity index is 985. The van der Waals surface area contributed by atoms with Crippen molar-refractivity contribution in [2.75, 3.05) is 16.2 Å². The molecule has 1 aromatic carbocycles. The molecule has 12 nitrogen and oxygen atoms in total. The van der Waals surface area contributed by atoms with Gasteiger partial charge in [0.1, 0.15) is 10.8 Å². The van der Waals surface area contributed by atoms with Gasteiger partial charge in [-0.15, -0.1) is 11.3 Å². The second-order valence-corrected chi connectivity index (χ2v) is 6.67. The van der Waals surface area contributed by atoms with Crippen molar-refractivity contribution in [1.82, 2.24) is 15.8 Å². The molecule has 0 saturated heterocycles. The van der Waals surface area contributed by atoms with E-state index in [4.69, 9.17) is 16.2 Å². The summed E-state index contributed by atoms with van der Waals surface area (Å²) < 4.78 is 38.2. The van der Waals surface area contributed by atoms with Crippen LogP contribution in [-0.2, 0) is 15.7 Å². The van der Waals surface area contributed by atoms with Crippen molar-refractivity contribution in [2.45, 2.75) is 0 Å². The molecule has 1 heterocycles. The summed E-state index contributed by atoms with van der Waals surface area (Å²) in [6.07, 6.45) is 0. The number of carbonyl (C=O) groups is 2. The smallest absolute Gasteiger partial charge is 0.357 e. The first-order chi connectivity index (χ1) is 13.2. The number of thiazole rings is 1. The Kier molecular flexibility index (Phi) is 6.80. The van der Waals surface area contributed by atoms with Crippen molar-refractivity contribution in [1.29, 1.82) is 5.41 Å². The minimum Gasteiger partial charge on any atom is -0.476 e. The number of aromatic carboxylic acids is 1. The number of halogens is 1. The highest BCUT2D eigenvalue weighted by atomic mass is 32.2. The predicted octanol–water partition coefficient (Wildman–Crippen LogP) is -0.429. The molecular weight excluding hydrogens is 417 g/mol. The number of rotatable bonds is 8. The maximum atomic E-state index is 14.3. The number of hydrogen-bond donors (Lipinski definition) is 7. The average molecular weight is 431 g/mol. The van der Waals surface area contributed by atoms with Gasteiger partial charge in [-0.25, -0.2) is 32.3 Å². The van der Waals surface area contributed by atoms with Crippen molar-refractivity contribution >= 4 is 56.4 Å². The Morgan fingerprint density at radius 3 is 2.68 bits per heavy atom. The number of aromatic nitrogens is 1. The van der Waals surface area contributed by atoms with Crippen LogP contribution in [0.25, 0.3) is 0 Å². The van der Waals surface area contributed by atoms with Gasteiger partial charge in [0.2, 0.25) is 16.8 Å². The highest BCUT2D eigenvalue weighted by Gasteiger charge is 2.23. The summed E-state index contributed by atoms with van der Waals surface area (Å²) in [6.45, 7) is -0.331. The molecular formula is C13H14FN7O5S2. The lowest BCUT2D eigenvalue weighted by Crippen LogP contribution is -2.45. The number of hydrazine groups is 1. The van der Waals surface area contributed by atoms with E-state index in [1.807, 2.05) is 0 Å². The van der Waals surface area contributed by atoms with Gasteiger partial charge in [-0.3, -0.25) is 15.6 Å². The van der Waals surface area contributed by atoms with Gasteiger partial charge >= 0.3 is 5.97 Å². The van der Waals surface area contributed by atoms with Crippen LogP contribution in [0.4, 0.5) is 20.8 Å². The Morgan fingerprint density at radius 2 is 2.11 bits per heavy atom. The monoisotopic (exact) mass is 431 g/mol. The van der Waals surface area contributed by atoms with E-state index in [-0.39, 0.29) is 22.9 Å². The Labute approximate surface area is 162 Å². The van der Waals surface area contributed by atoms with Gasteiger partial charge in [-0.2, -0.15) is 0 Å². The van der Waals surface area contributed by atoms with Crippen LogP contribution in [0.5, 0.6) is 0 Å². The summed E-state index contributed by atoms with van der Waals surface area (Å²) in [5.74, 6) is -3.47. The van der Waals surface area contributed by atoms with Gasteiger partial charge in [0, 0.05) is 6.07 Å². The lowest BCUT2D eigenvalue weighted by molar-refractivity contribution is -0.115. The topological polar surface area (TPSA) is 191 Å². The van der Waals surface area contributed by atoms with Crippen molar-refractivity contribution < 1.29 is 27.5 Å². The first-order valence-electron chi connectivity index (χ1n) is 7.24. The van der Waals surface area contributed by atoms with Crippen molar-refractivity contribution in [3.8, 4) is 0 Å². The van der Waals surface area contributed by atoms with Crippen LogP contribution < -0.4 is 26.2 Å². The summed E-state index contributed by atoms with van der Waals surface area (Å²) in [7, 11) is -3.35. The van der Waals surface area contributed by atoms with Gasteiger partial charge < -0.3 is 16.2 Å². The minimum absolute atomic E-state index is 0.172. The van der Waals surface area contributed by atoms with Crippen molar-refractivity contribution in [2.24, 2.45) is 5.73 Å². The van der Waals surface area contributed by atoms with Crippen LogP contribution in [0.15, 0.2) is 23.7 Å². The fraction of sp³-hybridized carbons (Fsp3) is 0.0769. The van der Waals surface area contributed by atoms with Gasteiger partial charge in [0.05, 0.1) is 23.4 Å². The summed E-state index contributed by atoms with van der Waals surface area (Å²) in [4.78, 5) is 26.5. The molecule has 7 N–H and O–H groups in total. The van der Waals surface area contributed by atoms with Crippen LogP contribution in [0.2, 0.25) is 0 Å². The number of hydrogen-bond acceptors (Lipinski definition) is 8. The first-order valence-corrected chi connectivity index (χ1v) is 9.25. The molecule has 0 saturated carbocycles. The van der Waals surface area contributed by atoms with Gasteiger partial charge in [0.25, 0.3) is 0 Å². The van der Waals surface area contributed by atoms with E-state index in [1.165, 1.54) is 6.07 Å². The van der Waals surface area contributed by atoms with Gasteiger partial charge in [0.15, 0.2) is 11.7 Å². The average Bonchev–Trinajstić information content (AvgIpc) is 3.06. The predicted molar refractivity (Wildman–Crippen MR) is 99.6 cm³/mol. The molecule has 0 radical (unpaired) electrons. The van der Waals surface area contributed by atoms with E-state index in [2.05, 4.69) is 21.2 Å². The third kappa shape index (κ3) is 5.12. The van der Waals surface area contributed by atoms with Crippen LogP contribution in [-0.4, -0.2) is 42.9 Å². The standard InChI is InChI=1S/C13H14FN7O5S2/c14-7-3-6(1-2-8(7)19-9(22)4-18-20-13(15)16)21(28(25)26)11-10(12(23)24)17-5-27-11/h1-3,5,18,28H,4H2,(H,19,22)(H,23,24)(H4,15,16,20). The van der Waals surface area contributed by atoms with E-state index in [0.717, 1.165) is 29.0 Å². The van der Waals surface area contributed by atoms with E-state index >= 15 is 0 Å². The molecule has 2 rings (SSSR count). The molecule has 0 atom stereocenters. The number of guanidine groups is 1. The highest BCUT2D eigenvalue weighted by Crippen LogP contribution is 2.33. The number of anilines is 3. The van der Waals surface area contributed by atoms with Gasteiger partial charge in [-0.05, 0) is 12.1 Å². The zero-order valence-electron chi connectivity index (χ0n) is 13.8. The molecule has 150 valence electrons. The molecule has 0 aliphatic rings. The highest BCUT2D eigenvalue weighted by molar-refractivity contribution is 7.74. The molecule has 0 spiro atoms. The normalized spacial score (nSPS) is 10.5. The van der Waals surface area contributed by atoms with Crippen molar-refractivity contribution in [3.05, 3.63) is 35.2 Å². The molecule has 0 aliphatic carbocycles. The number of nitrogens with two attached hydrogens (primary N) is 1. The number of carboxylic acid groups (broad SMARTS) is 1. The van der Waals surface area contributed by atoms with Crippen LogP contribution in [0, 0.1) is 11.2 Å². The van der Waals surface area contributed by atoms with E-state index in [0.29, 0.717) is 4.31 Å². The lowest BCUT2D eigenvalue weighted by Gasteiger charge is -2.17. The van der Waals surface area contributed by atoms with Crippen LogP contribution in [0.1, 0.15) is 10.5 Å². The fourth-order valence-electron chi connectivity index (χ4n) is 1.97. The second kappa shape index (κ2) is 9.07. The molecule has 0 fully saturated rings. The zero-order chi connectivity index (χ0) is 20.8. The molecule has 2 aromatic rings. The number of carbonyl (C=O) groups excluding carboxylic acids is 1. The third-order valence-electron chi connectivity index (χ3n) is 3.05. The molecule has 28 heavy (non-hydrogen) atoms. The number of nitrogens with zero attached hydrogens (tertiary/aromatic N) is 2. The quantitative estimate of drug-likeness (QED) is 0.126. The minimum atomic E-state index is -3.35. The zero-order valence-corrected chi connectivity index (χ0v) is 15.5. The largest absolute Gasteiger partial charge is 0.476 e. The SMILES string of the molecule is N=C(N)NNCC(=O)Nc1ccc(N(c2scnc2C(=O)O)[SH](=O)=O)cc1F. The lowest BCUT2D eigenvalue weighted by atomic mass is 10.2. The maximum absolute atomic E-state index is 14.3. The summed E-state index contributed by atoms with van der Waals surface area (Å²) in [6, 6.07) is 3.14. The Hall–Kier alpha value is -3.30. The van der Waals surface area contributed by atoms with E-state index in [9.17, 15) is 22.4 Å². The summed E-state index contributed by atoms with van der Waals surface area (Å²) in [5, 5.41) is 18.0. The van der Waals surface area contributed by atoms with Crippen LogP contribution in [0.3, 0.4) is 0 Å². The Balaban J connectivity index is 2.23. The molecule has 1 aromatic heterocycles. The fourth-order valence-corrected chi connectivity index (χ4v) is 3.59. The molecule has 0 aliphatic heterocycles.